The molecule has 3 nitrogen and oxygen atoms in total. The predicted octanol–water partition coefficient (Wildman–Crippen LogP) is 2.64. The van der Waals surface area contributed by atoms with E-state index < -0.39 is 5.97 Å². The van der Waals surface area contributed by atoms with Crippen molar-refractivity contribution in [1.29, 1.82) is 0 Å². The van der Waals surface area contributed by atoms with E-state index in [-0.39, 0.29) is 17.3 Å². The molecule has 15 heavy (non-hydrogen) atoms. The van der Waals surface area contributed by atoms with Crippen LogP contribution in [-0.4, -0.2) is 17.6 Å². The van der Waals surface area contributed by atoms with Crippen LogP contribution in [-0.2, 0) is 4.79 Å². The van der Waals surface area contributed by atoms with Crippen LogP contribution in [0.15, 0.2) is 0 Å². The lowest BCUT2D eigenvalue weighted by atomic mass is 9.71. The van der Waals surface area contributed by atoms with Crippen molar-refractivity contribution in [2.45, 2.75) is 53.4 Å². The van der Waals surface area contributed by atoms with Gasteiger partial charge in [-0.25, -0.2) is 0 Å². The van der Waals surface area contributed by atoms with Crippen molar-refractivity contribution >= 4 is 5.97 Å². The molecule has 0 saturated carbocycles. The molecule has 0 unspecified atom stereocenters. The van der Waals surface area contributed by atoms with Crippen LogP contribution < -0.4 is 5.73 Å². The van der Waals surface area contributed by atoms with E-state index in [1.807, 2.05) is 0 Å². The summed E-state index contributed by atoms with van der Waals surface area (Å²) in [5.74, 6) is -0.709. The van der Waals surface area contributed by atoms with Gasteiger partial charge in [0, 0.05) is 6.42 Å². The molecular weight excluding hydrogens is 190 g/mol. The van der Waals surface area contributed by atoms with Crippen molar-refractivity contribution in [2.75, 3.05) is 6.54 Å². The first-order valence-electron chi connectivity index (χ1n) is 5.60. The molecular formula is C12H25NO2. The molecule has 0 fully saturated rings. The Bertz CT molecular complexity index is 210. The van der Waals surface area contributed by atoms with E-state index in [4.69, 9.17) is 10.8 Å². The van der Waals surface area contributed by atoms with Gasteiger partial charge >= 0.3 is 5.97 Å². The maximum Gasteiger partial charge on any atom is 0.303 e. The topological polar surface area (TPSA) is 63.3 Å². The lowest BCUT2D eigenvalue weighted by Crippen LogP contribution is -2.26. The lowest BCUT2D eigenvalue weighted by molar-refractivity contribution is -0.137. The van der Waals surface area contributed by atoms with Crippen molar-refractivity contribution in [3.05, 3.63) is 0 Å². The van der Waals surface area contributed by atoms with Crippen molar-refractivity contribution in [2.24, 2.45) is 16.6 Å². The van der Waals surface area contributed by atoms with Crippen LogP contribution in [0.4, 0.5) is 0 Å². The highest BCUT2D eigenvalue weighted by molar-refractivity contribution is 5.66. The Balaban J connectivity index is 4.16. The Morgan fingerprint density at radius 2 is 1.60 bits per heavy atom. The Morgan fingerprint density at radius 1 is 1.13 bits per heavy atom. The van der Waals surface area contributed by atoms with Crippen molar-refractivity contribution < 1.29 is 9.90 Å². The van der Waals surface area contributed by atoms with E-state index in [2.05, 4.69) is 27.7 Å². The predicted molar refractivity (Wildman–Crippen MR) is 62.7 cm³/mol. The fraction of sp³-hybridized carbons (Fsp3) is 0.917. The summed E-state index contributed by atoms with van der Waals surface area (Å²) in [6.07, 6.45) is 3.00. The monoisotopic (exact) mass is 215 g/mol. The van der Waals surface area contributed by atoms with Gasteiger partial charge in [-0.05, 0) is 36.6 Å². The molecule has 3 N–H and O–H groups in total. The summed E-state index contributed by atoms with van der Waals surface area (Å²) in [4.78, 5) is 10.5. The molecule has 0 aliphatic rings. The summed E-state index contributed by atoms with van der Waals surface area (Å²) in [6.45, 7) is 9.36. The summed E-state index contributed by atoms with van der Waals surface area (Å²) in [5.41, 5.74) is 5.85. The molecule has 0 aromatic heterocycles. The molecule has 90 valence electrons. The van der Waals surface area contributed by atoms with E-state index in [1.54, 1.807) is 0 Å². The quantitative estimate of drug-likeness (QED) is 0.686. The van der Waals surface area contributed by atoms with Crippen molar-refractivity contribution in [3.63, 3.8) is 0 Å². The number of carboxylic acid groups (broad SMARTS) is 1. The fourth-order valence-corrected chi connectivity index (χ4v) is 2.31. The van der Waals surface area contributed by atoms with E-state index in [0.29, 0.717) is 6.54 Å². The third kappa shape index (κ3) is 7.37. The van der Waals surface area contributed by atoms with Crippen LogP contribution in [0, 0.1) is 10.8 Å². The Hall–Kier alpha value is -0.570. The second-order valence-corrected chi connectivity index (χ2v) is 5.94. The molecule has 0 saturated heterocycles. The highest BCUT2D eigenvalue weighted by atomic mass is 16.4. The minimum Gasteiger partial charge on any atom is -0.481 e. The number of hydrogen-bond acceptors (Lipinski definition) is 2. The second-order valence-electron chi connectivity index (χ2n) is 5.94. The van der Waals surface area contributed by atoms with E-state index >= 15 is 0 Å². The minimum atomic E-state index is -0.709. The van der Waals surface area contributed by atoms with Crippen LogP contribution in [0.2, 0.25) is 0 Å². The van der Waals surface area contributed by atoms with Crippen molar-refractivity contribution in [3.8, 4) is 0 Å². The molecule has 0 rings (SSSR count). The van der Waals surface area contributed by atoms with E-state index in [0.717, 1.165) is 19.3 Å². The zero-order valence-corrected chi connectivity index (χ0v) is 10.5. The smallest absolute Gasteiger partial charge is 0.303 e. The summed E-state index contributed by atoms with van der Waals surface area (Å²) in [7, 11) is 0. The van der Waals surface area contributed by atoms with Gasteiger partial charge in [0.15, 0.2) is 0 Å². The van der Waals surface area contributed by atoms with Gasteiger partial charge in [-0.15, -0.1) is 0 Å². The highest BCUT2D eigenvalue weighted by Gasteiger charge is 2.28. The van der Waals surface area contributed by atoms with Crippen molar-refractivity contribution in [1.82, 2.24) is 0 Å². The molecule has 0 aliphatic heterocycles. The SMILES string of the molecule is CC(C)(CCN)CC(C)(C)CCC(=O)O. The van der Waals surface area contributed by atoms with Crippen LogP contribution in [0.1, 0.15) is 53.4 Å². The number of hydrogen-bond donors (Lipinski definition) is 2. The first-order valence-corrected chi connectivity index (χ1v) is 5.60. The molecule has 0 aliphatic carbocycles. The molecule has 0 aromatic rings. The summed E-state index contributed by atoms with van der Waals surface area (Å²) >= 11 is 0. The first-order chi connectivity index (χ1) is 6.68. The van der Waals surface area contributed by atoms with Gasteiger partial charge in [0.05, 0.1) is 0 Å². The van der Waals surface area contributed by atoms with Gasteiger partial charge in [-0.1, -0.05) is 27.7 Å². The van der Waals surface area contributed by atoms with E-state index in [1.165, 1.54) is 0 Å². The average molecular weight is 215 g/mol. The molecule has 0 radical (unpaired) electrons. The molecule has 0 spiro atoms. The number of rotatable bonds is 7. The zero-order valence-electron chi connectivity index (χ0n) is 10.5. The average Bonchev–Trinajstić information content (AvgIpc) is 1.98. The minimum absolute atomic E-state index is 0.0804. The standard InChI is InChI=1S/C12H25NO2/c1-11(2,6-5-10(14)15)9-12(3,4)7-8-13/h5-9,13H2,1-4H3,(H,14,15). The van der Waals surface area contributed by atoms with Gasteiger partial charge in [-0.3, -0.25) is 4.79 Å². The van der Waals surface area contributed by atoms with Crippen LogP contribution in [0.3, 0.4) is 0 Å². The normalized spacial score (nSPS) is 12.9. The van der Waals surface area contributed by atoms with Gasteiger partial charge in [0.1, 0.15) is 0 Å². The third-order valence-corrected chi connectivity index (χ3v) is 2.79. The molecule has 3 heteroatoms. The third-order valence-electron chi connectivity index (χ3n) is 2.79. The Labute approximate surface area is 93.0 Å². The molecule has 0 heterocycles. The van der Waals surface area contributed by atoms with Crippen LogP contribution in [0.5, 0.6) is 0 Å². The summed E-state index contributed by atoms with van der Waals surface area (Å²) < 4.78 is 0. The number of carbonyl (C=O) groups is 1. The highest BCUT2D eigenvalue weighted by Crippen LogP contribution is 2.38. The maximum atomic E-state index is 10.5. The first kappa shape index (κ1) is 14.4. The molecule has 0 bridgehead atoms. The Morgan fingerprint density at radius 3 is 2.00 bits per heavy atom. The summed E-state index contributed by atoms with van der Waals surface area (Å²) in [5, 5.41) is 8.66. The van der Waals surface area contributed by atoms with Gasteiger partial charge < -0.3 is 10.8 Å². The van der Waals surface area contributed by atoms with Gasteiger partial charge in [-0.2, -0.15) is 0 Å². The molecule has 0 aromatic carbocycles. The number of carboxylic acids is 1. The lowest BCUT2D eigenvalue weighted by Gasteiger charge is -2.34. The fourth-order valence-electron chi connectivity index (χ4n) is 2.31. The van der Waals surface area contributed by atoms with Gasteiger partial charge in [0.25, 0.3) is 0 Å². The van der Waals surface area contributed by atoms with Gasteiger partial charge in [0.2, 0.25) is 0 Å². The van der Waals surface area contributed by atoms with Crippen LogP contribution >= 0.6 is 0 Å². The largest absolute Gasteiger partial charge is 0.481 e. The van der Waals surface area contributed by atoms with E-state index in [9.17, 15) is 4.79 Å². The Kier molecular flexibility index (Phi) is 5.29. The number of nitrogens with two attached hydrogens (primary N) is 1. The zero-order chi connectivity index (χ0) is 12.1. The maximum absolute atomic E-state index is 10.5. The molecule has 0 amide bonds. The molecule has 0 atom stereocenters. The summed E-state index contributed by atoms with van der Waals surface area (Å²) in [6, 6.07) is 0. The number of aliphatic carboxylic acids is 1. The van der Waals surface area contributed by atoms with Crippen LogP contribution in [0.25, 0.3) is 0 Å². The second kappa shape index (κ2) is 5.50.